The highest BCUT2D eigenvalue weighted by Gasteiger charge is 2.25. The summed E-state index contributed by atoms with van der Waals surface area (Å²) in [4.78, 5) is 27.6. The molecule has 1 amide bonds. The number of likely N-dealkylation sites (tertiary alicyclic amines) is 1. The number of rotatable bonds is 7. The molecule has 3 aromatic carbocycles. The van der Waals surface area contributed by atoms with Crippen LogP contribution in [0.25, 0.3) is 22.2 Å². The number of piperidine rings is 1. The van der Waals surface area contributed by atoms with Crippen LogP contribution in [0.3, 0.4) is 0 Å². The van der Waals surface area contributed by atoms with E-state index in [0.29, 0.717) is 17.1 Å². The minimum atomic E-state index is -0.180. The number of amides is 1. The summed E-state index contributed by atoms with van der Waals surface area (Å²) in [5.74, 6) is 2.04. The van der Waals surface area contributed by atoms with E-state index in [0.717, 1.165) is 85.6 Å². The number of ether oxygens (including phenoxy) is 2. The first-order valence-electron chi connectivity index (χ1n) is 14.0. The van der Waals surface area contributed by atoms with Crippen LogP contribution in [0, 0.1) is 0 Å². The maximum atomic E-state index is 13.1. The highest BCUT2D eigenvalue weighted by molar-refractivity contribution is 6.05. The highest BCUT2D eigenvalue weighted by Crippen LogP contribution is 2.33. The first kappa shape index (κ1) is 26.1. The lowest BCUT2D eigenvalue weighted by Crippen LogP contribution is -2.36. The molecule has 0 unspecified atom stereocenters. The van der Waals surface area contributed by atoms with Crippen molar-refractivity contribution in [3.63, 3.8) is 0 Å². The molecular formula is C32H35N5O3. The number of anilines is 2. The molecule has 2 aliphatic heterocycles. The van der Waals surface area contributed by atoms with Gasteiger partial charge in [-0.05, 0) is 74.7 Å². The van der Waals surface area contributed by atoms with Crippen molar-refractivity contribution in [1.82, 2.24) is 14.9 Å². The molecule has 2 saturated heterocycles. The predicted molar refractivity (Wildman–Crippen MR) is 159 cm³/mol. The molecule has 6 rings (SSSR count). The van der Waals surface area contributed by atoms with E-state index >= 15 is 0 Å². The Morgan fingerprint density at radius 1 is 0.900 bits per heavy atom. The zero-order chi connectivity index (χ0) is 27.5. The number of fused-ring (bicyclic) bond motifs is 1. The van der Waals surface area contributed by atoms with Gasteiger partial charge < -0.3 is 24.6 Å². The van der Waals surface area contributed by atoms with E-state index in [1.807, 2.05) is 66.7 Å². The normalized spacial score (nSPS) is 16.3. The molecule has 2 aliphatic rings. The summed E-state index contributed by atoms with van der Waals surface area (Å²) in [5, 5.41) is 3.02. The van der Waals surface area contributed by atoms with Crippen molar-refractivity contribution in [2.75, 3.05) is 50.6 Å². The van der Waals surface area contributed by atoms with Crippen LogP contribution in [0.15, 0.2) is 66.7 Å². The maximum Gasteiger partial charge on any atom is 0.258 e. The van der Waals surface area contributed by atoms with Gasteiger partial charge in [-0.3, -0.25) is 4.79 Å². The molecule has 0 radical (unpaired) electrons. The molecule has 0 aliphatic carbocycles. The van der Waals surface area contributed by atoms with Crippen LogP contribution in [0.2, 0.25) is 0 Å². The lowest BCUT2D eigenvalue weighted by atomic mass is 10.0. The summed E-state index contributed by atoms with van der Waals surface area (Å²) in [7, 11) is 3.81. The second kappa shape index (κ2) is 11.5. The third-order valence-electron chi connectivity index (χ3n) is 7.79. The zero-order valence-corrected chi connectivity index (χ0v) is 23.1. The standard InChI is InChI=1S/C32H35N5O3/c1-36-19-15-25(16-20-36)40-32-30(37-17-5-6-18-37)34-28-21-24(13-14-27(28)35-32)33-31(38)23-11-9-22(10-12-23)26-7-3-4-8-29(26)39-2/h3-4,7-14,21,25H,5-6,15-20H2,1-2H3,(H,33,38). The molecule has 0 spiro atoms. The number of aromatic nitrogens is 2. The summed E-state index contributed by atoms with van der Waals surface area (Å²) in [5.41, 5.74) is 4.72. The van der Waals surface area contributed by atoms with Gasteiger partial charge in [0.25, 0.3) is 11.8 Å². The number of carbonyl (C=O) groups is 1. The van der Waals surface area contributed by atoms with Gasteiger partial charge >= 0.3 is 0 Å². The number of carbonyl (C=O) groups excluding carboxylic acids is 1. The van der Waals surface area contributed by atoms with E-state index in [1.54, 1.807) is 7.11 Å². The first-order chi connectivity index (χ1) is 19.6. The van der Waals surface area contributed by atoms with Crippen LogP contribution in [0.4, 0.5) is 11.5 Å². The Morgan fingerprint density at radius 3 is 2.40 bits per heavy atom. The largest absolute Gasteiger partial charge is 0.496 e. The number of methoxy groups -OCH3 is 1. The summed E-state index contributed by atoms with van der Waals surface area (Å²) in [6.07, 6.45) is 4.40. The topological polar surface area (TPSA) is 79.8 Å². The highest BCUT2D eigenvalue weighted by atomic mass is 16.5. The molecule has 8 nitrogen and oxygen atoms in total. The number of nitrogens with one attached hydrogen (secondary N) is 1. The Labute approximate surface area is 234 Å². The van der Waals surface area contributed by atoms with E-state index < -0.39 is 0 Å². The lowest BCUT2D eigenvalue weighted by molar-refractivity contribution is 0.102. The zero-order valence-electron chi connectivity index (χ0n) is 23.1. The van der Waals surface area contributed by atoms with Crippen molar-refractivity contribution in [1.29, 1.82) is 0 Å². The Balaban J connectivity index is 1.22. The van der Waals surface area contributed by atoms with Gasteiger partial charge in [-0.15, -0.1) is 0 Å². The molecule has 8 heteroatoms. The fraction of sp³-hybridized carbons (Fsp3) is 0.344. The smallest absolute Gasteiger partial charge is 0.258 e. The summed E-state index contributed by atoms with van der Waals surface area (Å²) >= 11 is 0. The average Bonchev–Trinajstić information content (AvgIpc) is 3.53. The summed E-state index contributed by atoms with van der Waals surface area (Å²) in [6, 6.07) is 21.0. The molecule has 0 bridgehead atoms. The van der Waals surface area contributed by atoms with Crippen LogP contribution in [-0.2, 0) is 0 Å². The van der Waals surface area contributed by atoms with Gasteiger partial charge in [0.2, 0.25) is 0 Å². The first-order valence-corrected chi connectivity index (χ1v) is 14.0. The minimum Gasteiger partial charge on any atom is -0.496 e. The van der Waals surface area contributed by atoms with E-state index in [2.05, 4.69) is 22.2 Å². The van der Waals surface area contributed by atoms with Crippen LogP contribution < -0.4 is 19.7 Å². The van der Waals surface area contributed by atoms with Gasteiger partial charge in [0.05, 0.1) is 18.1 Å². The number of hydrogen-bond donors (Lipinski definition) is 1. The molecule has 206 valence electrons. The molecule has 40 heavy (non-hydrogen) atoms. The van der Waals surface area contributed by atoms with Crippen LogP contribution in [0.5, 0.6) is 11.6 Å². The Bertz CT molecular complexity index is 1490. The van der Waals surface area contributed by atoms with Crippen LogP contribution in [0.1, 0.15) is 36.0 Å². The van der Waals surface area contributed by atoms with E-state index in [-0.39, 0.29) is 12.0 Å². The van der Waals surface area contributed by atoms with Crippen molar-refractivity contribution in [3.8, 4) is 22.8 Å². The monoisotopic (exact) mass is 537 g/mol. The quantitative estimate of drug-likeness (QED) is 0.327. The third-order valence-corrected chi connectivity index (χ3v) is 7.79. The van der Waals surface area contributed by atoms with Crippen LogP contribution >= 0.6 is 0 Å². The Hall–Kier alpha value is -4.17. The fourth-order valence-corrected chi connectivity index (χ4v) is 5.47. The molecule has 0 saturated carbocycles. The number of benzene rings is 3. The van der Waals surface area contributed by atoms with Gasteiger partial charge in [0.15, 0.2) is 5.82 Å². The Kier molecular flexibility index (Phi) is 7.51. The SMILES string of the molecule is COc1ccccc1-c1ccc(C(=O)Nc2ccc3nc(OC4CCN(C)CC4)c(N4CCCC4)nc3c2)cc1. The van der Waals surface area contributed by atoms with Gasteiger partial charge in [-0.1, -0.05) is 30.3 Å². The van der Waals surface area contributed by atoms with Crippen molar-refractivity contribution < 1.29 is 14.3 Å². The molecule has 1 aromatic heterocycles. The average molecular weight is 538 g/mol. The second-order valence-corrected chi connectivity index (χ2v) is 10.6. The molecule has 4 aromatic rings. The van der Waals surface area contributed by atoms with Crippen molar-refractivity contribution >= 4 is 28.4 Å². The van der Waals surface area contributed by atoms with Gasteiger partial charge in [0, 0.05) is 43.0 Å². The van der Waals surface area contributed by atoms with E-state index in [9.17, 15) is 4.79 Å². The van der Waals surface area contributed by atoms with E-state index in [1.165, 1.54) is 0 Å². The Morgan fingerprint density at radius 2 is 1.65 bits per heavy atom. The molecule has 2 fully saturated rings. The number of nitrogens with zero attached hydrogens (tertiary/aromatic N) is 4. The molecule has 0 atom stereocenters. The lowest BCUT2D eigenvalue weighted by Gasteiger charge is -2.30. The predicted octanol–water partition coefficient (Wildman–Crippen LogP) is 5.63. The molecule has 3 heterocycles. The van der Waals surface area contributed by atoms with Crippen molar-refractivity contribution in [2.24, 2.45) is 0 Å². The summed E-state index contributed by atoms with van der Waals surface area (Å²) < 4.78 is 11.9. The van der Waals surface area contributed by atoms with Gasteiger partial charge in [-0.2, -0.15) is 0 Å². The minimum absolute atomic E-state index is 0.150. The second-order valence-electron chi connectivity index (χ2n) is 10.6. The van der Waals surface area contributed by atoms with Gasteiger partial charge in [-0.25, -0.2) is 9.97 Å². The van der Waals surface area contributed by atoms with Crippen molar-refractivity contribution in [2.45, 2.75) is 31.8 Å². The number of para-hydroxylation sites is 1. The molecular weight excluding hydrogens is 502 g/mol. The number of hydrogen-bond acceptors (Lipinski definition) is 7. The molecule has 1 N–H and O–H groups in total. The van der Waals surface area contributed by atoms with E-state index in [4.69, 9.17) is 19.4 Å². The fourth-order valence-electron chi connectivity index (χ4n) is 5.47. The third kappa shape index (κ3) is 5.58. The van der Waals surface area contributed by atoms with Gasteiger partial charge in [0.1, 0.15) is 11.9 Å². The van der Waals surface area contributed by atoms with Crippen molar-refractivity contribution in [3.05, 3.63) is 72.3 Å². The maximum absolute atomic E-state index is 13.1. The summed E-state index contributed by atoms with van der Waals surface area (Å²) in [6.45, 7) is 3.95. The van der Waals surface area contributed by atoms with Crippen LogP contribution in [-0.4, -0.2) is 67.2 Å².